The molecule has 0 saturated carbocycles. The summed E-state index contributed by atoms with van der Waals surface area (Å²) in [4.78, 5) is 2.55. The van der Waals surface area contributed by atoms with Crippen molar-refractivity contribution < 1.29 is 0 Å². The van der Waals surface area contributed by atoms with Crippen LogP contribution < -0.4 is 5.32 Å². The lowest BCUT2D eigenvalue weighted by Crippen LogP contribution is -2.34. The van der Waals surface area contributed by atoms with Crippen LogP contribution in [0.25, 0.3) is 0 Å². The SMILES string of the molecule is C1CN2CCC(CC2)N1.Cl. The molecule has 0 aromatic carbocycles. The summed E-state index contributed by atoms with van der Waals surface area (Å²) >= 11 is 0. The molecule has 0 aromatic rings. The van der Waals surface area contributed by atoms with Gasteiger partial charge in [0, 0.05) is 19.1 Å². The fraction of sp³-hybridized carbons (Fsp3) is 1.00. The number of piperidine rings is 1. The zero-order chi connectivity index (χ0) is 6.10. The molecule has 0 atom stereocenters. The first-order chi connectivity index (χ1) is 4.45. The van der Waals surface area contributed by atoms with Gasteiger partial charge in [-0.3, -0.25) is 0 Å². The molecule has 0 unspecified atom stereocenters. The predicted octanol–water partition coefficient (Wildman–Crippen LogP) is 0.476. The summed E-state index contributed by atoms with van der Waals surface area (Å²) in [5, 5.41) is 3.53. The number of rotatable bonds is 0. The van der Waals surface area contributed by atoms with E-state index >= 15 is 0 Å². The van der Waals surface area contributed by atoms with Crippen molar-refractivity contribution >= 4 is 12.4 Å². The van der Waals surface area contributed by atoms with E-state index in [1.54, 1.807) is 0 Å². The van der Waals surface area contributed by atoms with Crippen molar-refractivity contribution in [2.45, 2.75) is 18.9 Å². The first-order valence-electron chi connectivity index (χ1n) is 3.91. The molecule has 1 N–H and O–H groups in total. The zero-order valence-corrected chi connectivity index (χ0v) is 6.99. The normalized spacial score (nSPS) is 38.4. The Kier molecular flexibility index (Phi) is 2.96. The van der Waals surface area contributed by atoms with Gasteiger partial charge in [-0.05, 0) is 25.9 Å². The lowest BCUT2D eigenvalue weighted by atomic mass is 10.1. The van der Waals surface area contributed by atoms with E-state index in [0.29, 0.717) is 0 Å². The molecular weight excluding hydrogens is 148 g/mol. The number of hydrogen-bond acceptors (Lipinski definition) is 2. The highest BCUT2D eigenvalue weighted by Gasteiger charge is 2.21. The Morgan fingerprint density at radius 3 is 2.50 bits per heavy atom. The Morgan fingerprint density at radius 1 is 1.10 bits per heavy atom. The van der Waals surface area contributed by atoms with Gasteiger partial charge in [0.2, 0.25) is 0 Å². The highest BCUT2D eigenvalue weighted by molar-refractivity contribution is 5.85. The summed E-state index contributed by atoms with van der Waals surface area (Å²) in [6, 6.07) is 0.851. The van der Waals surface area contributed by atoms with E-state index in [-0.39, 0.29) is 12.4 Å². The Labute approximate surface area is 68.4 Å². The average Bonchev–Trinajstić information content (AvgIpc) is 2.21. The second kappa shape index (κ2) is 3.56. The average molecular weight is 163 g/mol. The molecule has 0 aromatic heterocycles. The summed E-state index contributed by atoms with van der Waals surface area (Å²) < 4.78 is 0. The van der Waals surface area contributed by atoms with Crippen LogP contribution in [0.5, 0.6) is 0 Å². The third-order valence-corrected chi connectivity index (χ3v) is 2.45. The molecule has 3 heteroatoms. The molecule has 3 fully saturated rings. The zero-order valence-electron chi connectivity index (χ0n) is 6.18. The number of nitrogens with zero attached hydrogens (tertiary/aromatic N) is 1. The van der Waals surface area contributed by atoms with Crippen LogP contribution in [-0.2, 0) is 0 Å². The van der Waals surface area contributed by atoms with Crippen LogP contribution in [0.15, 0.2) is 0 Å². The fourth-order valence-corrected chi connectivity index (χ4v) is 1.79. The minimum absolute atomic E-state index is 0. The Hall–Kier alpha value is 0.210. The smallest absolute Gasteiger partial charge is 0.0107 e. The summed E-state index contributed by atoms with van der Waals surface area (Å²) in [7, 11) is 0. The molecule has 3 rings (SSSR count). The number of nitrogens with one attached hydrogen (secondary N) is 1. The van der Waals surface area contributed by atoms with Crippen molar-refractivity contribution in [1.82, 2.24) is 10.2 Å². The largest absolute Gasteiger partial charge is 0.313 e. The van der Waals surface area contributed by atoms with Crippen LogP contribution in [0.4, 0.5) is 0 Å². The van der Waals surface area contributed by atoms with Crippen LogP contribution in [0.3, 0.4) is 0 Å². The molecule has 0 spiro atoms. The minimum Gasteiger partial charge on any atom is -0.313 e. The maximum absolute atomic E-state index is 3.53. The highest BCUT2D eigenvalue weighted by Crippen LogP contribution is 2.12. The summed E-state index contributed by atoms with van der Waals surface area (Å²) in [5.74, 6) is 0. The van der Waals surface area contributed by atoms with Crippen molar-refractivity contribution in [2.75, 3.05) is 26.2 Å². The van der Waals surface area contributed by atoms with Gasteiger partial charge in [0.1, 0.15) is 0 Å². The Bertz CT molecular complexity index is 82.3. The predicted molar refractivity (Wildman–Crippen MR) is 44.7 cm³/mol. The van der Waals surface area contributed by atoms with E-state index in [4.69, 9.17) is 0 Å². The molecule has 3 heterocycles. The van der Waals surface area contributed by atoms with E-state index in [0.717, 1.165) is 6.04 Å². The third kappa shape index (κ3) is 1.62. The number of hydrogen-bond donors (Lipinski definition) is 1. The van der Waals surface area contributed by atoms with Crippen molar-refractivity contribution in [2.24, 2.45) is 0 Å². The van der Waals surface area contributed by atoms with Gasteiger partial charge in [-0.2, -0.15) is 0 Å². The van der Waals surface area contributed by atoms with E-state index in [1.807, 2.05) is 0 Å². The molecule has 3 aliphatic rings. The number of fused-ring (bicyclic) bond motifs is 4. The minimum atomic E-state index is 0. The van der Waals surface area contributed by atoms with Crippen LogP contribution >= 0.6 is 12.4 Å². The molecule has 10 heavy (non-hydrogen) atoms. The molecular formula is C7H15ClN2. The summed E-state index contributed by atoms with van der Waals surface area (Å²) in [6.45, 7) is 5.15. The number of halogens is 1. The lowest BCUT2D eigenvalue weighted by molar-refractivity contribution is 0.247. The van der Waals surface area contributed by atoms with Crippen LogP contribution in [-0.4, -0.2) is 37.1 Å². The molecule has 3 saturated heterocycles. The molecule has 0 aliphatic carbocycles. The van der Waals surface area contributed by atoms with Gasteiger partial charge in [0.05, 0.1) is 0 Å². The van der Waals surface area contributed by atoms with Gasteiger partial charge in [-0.25, -0.2) is 0 Å². The first-order valence-corrected chi connectivity index (χ1v) is 3.91. The van der Waals surface area contributed by atoms with Gasteiger partial charge in [0.25, 0.3) is 0 Å². The van der Waals surface area contributed by atoms with Crippen LogP contribution in [0, 0.1) is 0 Å². The van der Waals surface area contributed by atoms with Crippen LogP contribution in [0.1, 0.15) is 12.8 Å². The maximum Gasteiger partial charge on any atom is 0.0107 e. The third-order valence-electron chi connectivity index (χ3n) is 2.45. The fourth-order valence-electron chi connectivity index (χ4n) is 1.79. The quantitative estimate of drug-likeness (QED) is 0.558. The van der Waals surface area contributed by atoms with E-state index < -0.39 is 0 Å². The van der Waals surface area contributed by atoms with Crippen molar-refractivity contribution in [3.63, 3.8) is 0 Å². The van der Waals surface area contributed by atoms with Crippen molar-refractivity contribution in [3.8, 4) is 0 Å². The van der Waals surface area contributed by atoms with E-state index in [1.165, 1.54) is 39.0 Å². The van der Waals surface area contributed by atoms with Gasteiger partial charge in [-0.1, -0.05) is 0 Å². The van der Waals surface area contributed by atoms with Gasteiger partial charge in [-0.15, -0.1) is 12.4 Å². The molecule has 2 nitrogen and oxygen atoms in total. The van der Waals surface area contributed by atoms with E-state index in [2.05, 4.69) is 10.2 Å². The first kappa shape index (κ1) is 8.31. The summed E-state index contributed by atoms with van der Waals surface area (Å²) in [5.41, 5.74) is 0. The highest BCUT2D eigenvalue weighted by atomic mass is 35.5. The van der Waals surface area contributed by atoms with Gasteiger partial charge < -0.3 is 10.2 Å². The molecule has 60 valence electrons. The van der Waals surface area contributed by atoms with E-state index in [9.17, 15) is 0 Å². The molecule has 2 bridgehead atoms. The maximum atomic E-state index is 3.53. The topological polar surface area (TPSA) is 15.3 Å². The van der Waals surface area contributed by atoms with Crippen molar-refractivity contribution in [1.29, 1.82) is 0 Å². The molecule has 0 amide bonds. The molecule has 0 radical (unpaired) electrons. The Balaban J connectivity index is 0.000000500. The second-order valence-corrected chi connectivity index (χ2v) is 3.07. The Morgan fingerprint density at radius 2 is 1.80 bits per heavy atom. The van der Waals surface area contributed by atoms with Gasteiger partial charge >= 0.3 is 0 Å². The standard InChI is InChI=1S/C7H14N2.ClH/c1-4-9-5-2-7(1)8-3-6-9;/h7-8H,1-6H2;1H. The van der Waals surface area contributed by atoms with Crippen LogP contribution in [0.2, 0.25) is 0 Å². The second-order valence-electron chi connectivity index (χ2n) is 3.07. The van der Waals surface area contributed by atoms with Gasteiger partial charge in [0.15, 0.2) is 0 Å². The monoisotopic (exact) mass is 162 g/mol. The lowest BCUT2D eigenvalue weighted by Gasteiger charge is -2.25. The van der Waals surface area contributed by atoms with Crippen molar-refractivity contribution in [3.05, 3.63) is 0 Å². The summed E-state index contributed by atoms with van der Waals surface area (Å²) in [6.07, 6.45) is 2.75. The molecule has 3 aliphatic heterocycles.